The fourth-order valence-corrected chi connectivity index (χ4v) is 3.61. The summed E-state index contributed by atoms with van der Waals surface area (Å²) < 4.78 is 5.80. The number of carbonyl (C=O) groups is 1. The second kappa shape index (κ2) is 6.33. The van der Waals surface area contributed by atoms with Gasteiger partial charge in [-0.15, -0.1) is 11.3 Å². The van der Waals surface area contributed by atoms with Gasteiger partial charge in [-0.3, -0.25) is 4.79 Å². The van der Waals surface area contributed by atoms with Crippen molar-refractivity contribution in [1.82, 2.24) is 4.98 Å². The van der Waals surface area contributed by atoms with Crippen LogP contribution in [-0.2, 0) is 11.3 Å². The van der Waals surface area contributed by atoms with Gasteiger partial charge in [0.2, 0.25) is 0 Å². The molecule has 0 radical (unpaired) electrons. The first-order chi connectivity index (χ1) is 12.1. The SMILES string of the molecule is Cc1nc(-c2ccc3c(c2)N(Cc2ccccc2)C(=O)C(C)O3)cs1. The third kappa shape index (κ3) is 3.03. The zero-order chi connectivity index (χ0) is 17.4. The Kier molecular flexibility index (Phi) is 4.01. The maximum Gasteiger partial charge on any atom is 0.268 e. The van der Waals surface area contributed by atoms with Crippen molar-refractivity contribution in [3.8, 4) is 17.0 Å². The first-order valence-corrected chi connectivity index (χ1v) is 9.08. The van der Waals surface area contributed by atoms with Crippen LogP contribution < -0.4 is 9.64 Å². The average molecular weight is 350 g/mol. The van der Waals surface area contributed by atoms with Gasteiger partial charge in [0.05, 0.1) is 22.9 Å². The highest BCUT2D eigenvalue weighted by Gasteiger charge is 2.31. The van der Waals surface area contributed by atoms with E-state index in [0.717, 1.165) is 33.3 Å². The molecular formula is C20H18N2O2S. The molecule has 0 spiro atoms. The Morgan fingerprint density at radius 1 is 1.20 bits per heavy atom. The van der Waals surface area contributed by atoms with Crippen molar-refractivity contribution in [1.29, 1.82) is 0 Å². The molecule has 1 atom stereocenters. The second-order valence-electron chi connectivity index (χ2n) is 6.10. The Hall–Kier alpha value is -2.66. The summed E-state index contributed by atoms with van der Waals surface area (Å²) in [5.41, 5.74) is 3.81. The number of aromatic nitrogens is 1. The summed E-state index contributed by atoms with van der Waals surface area (Å²) in [4.78, 5) is 19.1. The number of hydrogen-bond donors (Lipinski definition) is 0. The van der Waals surface area contributed by atoms with Crippen LogP contribution in [0, 0.1) is 6.92 Å². The molecule has 2 heterocycles. The third-order valence-corrected chi connectivity index (χ3v) is 5.04. The van der Waals surface area contributed by atoms with Crippen molar-refractivity contribution >= 4 is 22.9 Å². The molecule has 0 bridgehead atoms. The van der Waals surface area contributed by atoms with Gasteiger partial charge >= 0.3 is 0 Å². The van der Waals surface area contributed by atoms with Gasteiger partial charge in [0.25, 0.3) is 5.91 Å². The average Bonchev–Trinajstić information content (AvgIpc) is 3.06. The maximum absolute atomic E-state index is 12.7. The number of fused-ring (bicyclic) bond motifs is 1. The Morgan fingerprint density at radius 2 is 2.00 bits per heavy atom. The molecule has 4 rings (SSSR count). The van der Waals surface area contributed by atoms with E-state index in [9.17, 15) is 4.79 Å². The summed E-state index contributed by atoms with van der Waals surface area (Å²) in [6.45, 7) is 4.31. The highest BCUT2D eigenvalue weighted by atomic mass is 32.1. The Bertz CT molecular complexity index is 920. The van der Waals surface area contributed by atoms with E-state index < -0.39 is 6.10 Å². The number of carbonyl (C=O) groups excluding carboxylic acids is 1. The first-order valence-electron chi connectivity index (χ1n) is 8.20. The lowest BCUT2D eigenvalue weighted by Crippen LogP contribution is -2.44. The molecule has 25 heavy (non-hydrogen) atoms. The van der Waals surface area contributed by atoms with E-state index in [1.54, 1.807) is 18.3 Å². The van der Waals surface area contributed by atoms with Gasteiger partial charge in [0.1, 0.15) is 5.75 Å². The van der Waals surface area contributed by atoms with Gasteiger partial charge in [-0.1, -0.05) is 30.3 Å². The Balaban J connectivity index is 1.76. The molecule has 1 unspecified atom stereocenters. The number of anilines is 1. The minimum absolute atomic E-state index is 0.0250. The van der Waals surface area contributed by atoms with Gasteiger partial charge in [0, 0.05) is 10.9 Å². The molecule has 1 aliphatic heterocycles. The van der Waals surface area contributed by atoms with Gasteiger partial charge < -0.3 is 9.64 Å². The van der Waals surface area contributed by atoms with Crippen LogP contribution in [0.15, 0.2) is 53.9 Å². The van der Waals surface area contributed by atoms with Gasteiger partial charge in [-0.05, 0) is 37.6 Å². The highest BCUT2D eigenvalue weighted by molar-refractivity contribution is 7.09. The number of amides is 1. The number of hydrogen-bond acceptors (Lipinski definition) is 4. The summed E-state index contributed by atoms with van der Waals surface area (Å²) in [6, 6.07) is 15.9. The highest BCUT2D eigenvalue weighted by Crippen LogP contribution is 2.38. The number of thiazole rings is 1. The lowest BCUT2D eigenvalue weighted by molar-refractivity contribution is -0.125. The zero-order valence-corrected chi connectivity index (χ0v) is 14.9. The van der Waals surface area contributed by atoms with Crippen LogP contribution in [0.4, 0.5) is 5.69 Å². The summed E-state index contributed by atoms with van der Waals surface area (Å²) in [6.07, 6.45) is -0.483. The molecule has 4 nitrogen and oxygen atoms in total. The monoisotopic (exact) mass is 350 g/mol. The van der Waals surface area contributed by atoms with E-state index in [1.165, 1.54) is 0 Å². The van der Waals surface area contributed by atoms with Crippen LogP contribution in [0.1, 0.15) is 17.5 Å². The van der Waals surface area contributed by atoms with Crippen LogP contribution in [0.5, 0.6) is 5.75 Å². The molecule has 1 amide bonds. The van der Waals surface area contributed by atoms with Crippen LogP contribution >= 0.6 is 11.3 Å². The molecule has 0 fully saturated rings. The van der Waals surface area contributed by atoms with E-state index in [2.05, 4.69) is 4.98 Å². The number of ether oxygens (including phenoxy) is 1. The van der Waals surface area contributed by atoms with Crippen LogP contribution in [0.3, 0.4) is 0 Å². The molecule has 0 N–H and O–H groups in total. The Labute approximate surface area is 150 Å². The molecule has 1 aliphatic rings. The van der Waals surface area contributed by atoms with E-state index in [4.69, 9.17) is 4.74 Å². The van der Waals surface area contributed by atoms with E-state index in [-0.39, 0.29) is 5.91 Å². The number of rotatable bonds is 3. The van der Waals surface area contributed by atoms with Crippen molar-refractivity contribution in [2.75, 3.05) is 4.90 Å². The van der Waals surface area contributed by atoms with Crippen molar-refractivity contribution in [3.63, 3.8) is 0 Å². The summed E-state index contributed by atoms with van der Waals surface area (Å²) in [5.74, 6) is 0.710. The lowest BCUT2D eigenvalue weighted by Gasteiger charge is -2.33. The molecule has 0 aliphatic carbocycles. The fourth-order valence-electron chi connectivity index (χ4n) is 2.99. The second-order valence-corrected chi connectivity index (χ2v) is 7.17. The molecule has 2 aromatic carbocycles. The number of nitrogens with zero attached hydrogens (tertiary/aromatic N) is 2. The van der Waals surface area contributed by atoms with Gasteiger partial charge in [0.15, 0.2) is 6.10 Å². The van der Waals surface area contributed by atoms with E-state index in [0.29, 0.717) is 6.54 Å². The van der Waals surface area contributed by atoms with E-state index in [1.807, 2.05) is 65.7 Å². The minimum atomic E-state index is -0.483. The van der Waals surface area contributed by atoms with Crippen LogP contribution in [0.2, 0.25) is 0 Å². The summed E-state index contributed by atoms with van der Waals surface area (Å²) >= 11 is 1.62. The quantitative estimate of drug-likeness (QED) is 0.702. The van der Waals surface area contributed by atoms with Crippen molar-refractivity contribution in [2.24, 2.45) is 0 Å². The van der Waals surface area contributed by atoms with Crippen LogP contribution in [0.25, 0.3) is 11.3 Å². The third-order valence-electron chi connectivity index (χ3n) is 4.27. The smallest absolute Gasteiger partial charge is 0.268 e. The normalized spacial score (nSPS) is 16.5. The predicted molar refractivity (Wildman–Crippen MR) is 100 cm³/mol. The molecule has 0 saturated carbocycles. The summed E-state index contributed by atoms with van der Waals surface area (Å²) in [5, 5.41) is 3.06. The topological polar surface area (TPSA) is 42.4 Å². The van der Waals surface area contributed by atoms with Crippen molar-refractivity contribution in [3.05, 3.63) is 64.5 Å². The molecule has 5 heteroatoms. The zero-order valence-electron chi connectivity index (χ0n) is 14.1. The van der Waals surface area contributed by atoms with Crippen LogP contribution in [-0.4, -0.2) is 17.0 Å². The molecule has 1 aromatic heterocycles. The fraction of sp³-hybridized carbons (Fsp3) is 0.200. The largest absolute Gasteiger partial charge is 0.479 e. The maximum atomic E-state index is 12.7. The van der Waals surface area contributed by atoms with E-state index >= 15 is 0 Å². The summed E-state index contributed by atoms with van der Waals surface area (Å²) in [7, 11) is 0. The van der Waals surface area contributed by atoms with Gasteiger partial charge in [-0.2, -0.15) is 0 Å². The molecule has 0 saturated heterocycles. The Morgan fingerprint density at radius 3 is 2.72 bits per heavy atom. The number of benzene rings is 2. The standard InChI is InChI=1S/C20H18N2O2S/c1-13-20(23)22(11-15-6-4-3-5-7-15)18-10-16(8-9-19(18)24-13)17-12-25-14(2)21-17/h3-10,12-13H,11H2,1-2H3. The number of aryl methyl sites for hydroxylation is 1. The first kappa shape index (κ1) is 15.8. The minimum Gasteiger partial charge on any atom is -0.479 e. The van der Waals surface area contributed by atoms with Gasteiger partial charge in [-0.25, -0.2) is 4.98 Å². The molecular weight excluding hydrogens is 332 g/mol. The molecule has 3 aromatic rings. The predicted octanol–water partition coefficient (Wildman–Crippen LogP) is 4.43. The lowest BCUT2D eigenvalue weighted by atomic mass is 10.1. The van der Waals surface area contributed by atoms with Crippen molar-refractivity contribution < 1.29 is 9.53 Å². The van der Waals surface area contributed by atoms with Crippen molar-refractivity contribution in [2.45, 2.75) is 26.5 Å². The molecule has 126 valence electrons.